The second kappa shape index (κ2) is 6.11. The molecule has 0 atom stereocenters. The van der Waals surface area contributed by atoms with Crippen LogP contribution in [0.15, 0.2) is 40.8 Å². The van der Waals surface area contributed by atoms with Crippen molar-refractivity contribution in [3.63, 3.8) is 0 Å². The maximum Gasteiger partial charge on any atom is 0.374 e. The van der Waals surface area contributed by atoms with E-state index in [0.717, 1.165) is 0 Å². The number of hydrogen-bond donors (Lipinski definition) is 0. The summed E-state index contributed by atoms with van der Waals surface area (Å²) in [4.78, 5) is 28.0. The number of rotatable bonds is 3. The van der Waals surface area contributed by atoms with Crippen molar-refractivity contribution in [2.75, 3.05) is 14.2 Å². The molecule has 24 heavy (non-hydrogen) atoms. The van der Waals surface area contributed by atoms with E-state index < -0.39 is 11.9 Å². The van der Waals surface area contributed by atoms with Crippen molar-refractivity contribution < 1.29 is 27.9 Å². The number of methoxy groups -OCH3 is 2. The molecule has 0 aliphatic rings. The first-order valence-corrected chi connectivity index (χ1v) is 6.90. The van der Waals surface area contributed by atoms with Crippen molar-refractivity contribution in [1.82, 2.24) is 4.98 Å². The lowest BCUT2D eigenvalue weighted by atomic mass is 10.1. The fourth-order valence-electron chi connectivity index (χ4n) is 2.26. The third-order valence-electron chi connectivity index (χ3n) is 3.44. The predicted octanol–water partition coefficient (Wildman–Crippen LogP) is 3.21. The van der Waals surface area contributed by atoms with E-state index in [1.165, 1.54) is 50.6 Å². The van der Waals surface area contributed by atoms with Crippen LogP contribution in [-0.2, 0) is 9.47 Å². The zero-order valence-electron chi connectivity index (χ0n) is 12.8. The summed E-state index contributed by atoms with van der Waals surface area (Å²) < 4.78 is 27.8. The highest BCUT2D eigenvalue weighted by Crippen LogP contribution is 2.28. The number of halogens is 1. The number of carbonyl (C=O) groups is 2. The summed E-state index contributed by atoms with van der Waals surface area (Å²) in [7, 11) is 2.46. The number of furan rings is 1. The van der Waals surface area contributed by atoms with Gasteiger partial charge in [-0.25, -0.2) is 19.0 Å². The molecule has 0 amide bonds. The molecule has 0 aliphatic carbocycles. The Kier molecular flexibility index (Phi) is 3.99. The standard InChI is InChI=1S/C17H12FNO5/c1-22-16(20)12-7-13(9-3-5-10(18)6-4-9)19-15-11(12)8-14(24-15)17(21)23-2/h3-8H,1-2H3. The topological polar surface area (TPSA) is 78.6 Å². The van der Waals surface area contributed by atoms with Crippen LogP contribution >= 0.6 is 0 Å². The van der Waals surface area contributed by atoms with Gasteiger partial charge in [0.2, 0.25) is 11.5 Å². The summed E-state index contributed by atoms with van der Waals surface area (Å²) in [5.74, 6) is -1.77. The van der Waals surface area contributed by atoms with E-state index in [1.807, 2.05) is 0 Å². The number of benzene rings is 1. The van der Waals surface area contributed by atoms with Gasteiger partial charge in [-0.2, -0.15) is 0 Å². The van der Waals surface area contributed by atoms with Gasteiger partial charge in [-0.15, -0.1) is 0 Å². The molecule has 0 spiro atoms. The highest BCUT2D eigenvalue weighted by Gasteiger charge is 2.21. The molecule has 0 fully saturated rings. The lowest BCUT2D eigenvalue weighted by Gasteiger charge is -2.05. The van der Waals surface area contributed by atoms with Gasteiger partial charge in [0, 0.05) is 11.6 Å². The molecule has 0 bridgehead atoms. The average molecular weight is 329 g/mol. The Labute approximate surface area is 135 Å². The molecule has 6 nitrogen and oxygen atoms in total. The maximum absolute atomic E-state index is 13.1. The van der Waals surface area contributed by atoms with Gasteiger partial charge in [-0.1, -0.05) is 0 Å². The van der Waals surface area contributed by atoms with Crippen molar-refractivity contribution in [3.05, 3.63) is 53.5 Å². The molecule has 122 valence electrons. The zero-order chi connectivity index (χ0) is 17.3. The quantitative estimate of drug-likeness (QED) is 0.687. The van der Waals surface area contributed by atoms with E-state index in [9.17, 15) is 14.0 Å². The lowest BCUT2D eigenvalue weighted by Crippen LogP contribution is -2.03. The van der Waals surface area contributed by atoms with Crippen LogP contribution in [0.25, 0.3) is 22.4 Å². The summed E-state index contributed by atoms with van der Waals surface area (Å²) >= 11 is 0. The van der Waals surface area contributed by atoms with E-state index in [2.05, 4.69) is 9.72 Å². The van der Waals surface area contributed by atoms with Crippen LogP contribution in [0, 0.1) is 5.82 Å². The monoisotopic (exact) mass is 329 g/mol. The Hall–Kier alpha value is -3.22. The number of fused-ring (bicyclic) bond motifs is 1. The van der Waals surface area contributed by atoms with Gasteiger partial charge < -0.3 is 13.9 Å². The fourth-order valence-corrected chi connectivity index (χ4v) is 2.26. The Morgan fingerprint density at radius 2 is 1.71 bits per heavy atom. The van der Waals surface area contributed by atoms with Gasteiger partial charge in [-0.05, 0) is 30.3 Å². The molecule has 0 saturated heterocycles. The summed E-state index contributed by atoms with van der Waals surface area (Å²) in [5, 5.41) is 0.327. The third-order valence-corrected chi connectivity index (χ3v) is 3.44. The molecule has 2 heterocycles. The number of esters is 2. The second-order valence-electron chi connectivity index (χ2n) is 4.87. The van der Waals surface area contributed by atoms with Crippen molar-refractivity contribution in [3.8, 4) is 11.3 Å². The minimum Gasteiger partial charge on any atom is -0.465 e. The Balaban J connectivity index is 2.23. The number of nitrogens with zero attached hydrogens (tertiary/aromatic N) is 1. The molecule has 3 aromatic rings. The molecular formula is C17H12FNO5. The molecular weight excluding hydrogens is 317 g/mol. The van der Waals surface area contributed by atoms with Crippen LogP contribution in [0.4, 0.5) is 4.39 Å². The second-order valence-corrected chi connectivity index (χ2v) is 4.87. The molecule has 1 aromatic carbocycles. The number of pyridine rings is 1. The first kappa shape index (κ1) is 15.7. The van der Waals surface area contributed by atoms with Crippen LogP contribution in [0.3, 0.4) is 0 Å². The van der Waals surface area contributed by atoms with Crippen LogP contribution in [-0.4, -0.2) is 31.1 Å². The van der Waals surface area contributed by atoms with E-state index in [0.29, 0.717) is 16.6 Å². The van der Waals surface area contributed by atoms with Crippen LogP contribution in [0.5, 0.6) is 0 Å². The number of aromatic nitrogens is 1. The Bertz CT molecular complexity index is 930. The smallest absolute Gasteiger partial charge is 0.374 e. The van der Waals surface area contributed by atoms with Crippen LogP contribution in [0.2, 0.25) is 0 Å². The lowest BCUT2D eigenvalue weighted by molar-refractivity contribution is 0.0565. The van der Waals surface area contributed by atoms with Gasteiger partial charge in [0.05, 0.1) is 30.9 Å². The normalized spacial score (nSPS) is 10.6. The summed E-state index contributed by atoms with van der Waals surface area (Å²) in [6.45, 7) is 0. The number of carbonyl (C=O) groups excluding carboxylic acids is 2. The number of hydrogen-bond acceptors (Lipinski definition) is 6. The molecule has 0 N–H and O–H groups in total. The van der Waals surface area contributed by atoms with E-state index in [4.69, 9.17) is 9.15 Å². The molecule has 3 rings (SSSR count). The highest BCUT2D eigenvalue weighted by molar-refractivity contribution is 6.05. The minimum atomic E-state index is -0.688. The Morgan fingerprint density at radius 3 is 2.33 bits per heavy atom. The Morgan fingerprint density at radius 1 is 1.04 bits per heavy atom. The predicted molar refractivity (Wildman–Crippen MR) is 82.1 cm³/mol. The highest BCUT2D eigenvalue weighted by atomic mass is 19.1. The van der Waals surface area contributed by atoms with Crippen LogP contribution in [0.1, 0.15) is 20.9 Å². The van der Waals surface area contributed by atoms with Gasteiger partial charge in [0.25, 0.3) is 0 Å². The first-order valence-electron chi connectivity index (χ1n) is 6.90. The summed E-state index contributed by atoms with van der Waals surface area (Å²) in [6.07, 6.45) is 0. The zero-order valence-corrected chi connectivity index (χ0v) is 12.8. The average Bonchev–Trinajstić information content (AvgIpc) is 3.04. The molecule has 2 aromatic heterocycles. The molecule has 0 saturated carbocycles. The first-order chi connectivity index (χ1) is 11.5. The van der Waals surface area contributed by atoms with Gasteiger partial charge in [0.1, 0.15) is 5.82 Å². The van der Waals surface area contributed by atoms with E-state index in [1.54, 1.807) is 0 Å². The van der Waals surface area contributed by atoms with Gasteiger partial charge >= 0.3 is 11.9 Å². The molecule has 0 unspecified atom stereocenters. The van der Waals surface area contributed by atoms with E-state index >= 15 is 0 Å². The SMILES string of the molecule is COC(=O)c1cc2c(C(=O)OC)cc(-c3ccc(F)cc3)nc2o1. The summed E-state index contributed by atoms with van der Waals surface area (Å²) in [6, 6.07) is 8.47. The fraction of sp³-hybridized carbons (Fsp3) is 0.118. The third kappa shape index (κ3) is 2.71. The largest absolute Gasteiger partial charge is 0.465 e. The molecule has 0 radical (unpaired) electrons. The van der Waals surface area contributed by atoms with Crippen molar-refractivity contribution in [2.45, 2.75) is 0 Å². The van der Waals surface area contributed by atoms with Crippen molar-refractivity contribution >= 4 is 23.0 Å². The van der Waals surface area contributed by atoms with Gasteiger partial charge in [0.15, 0.2) is 0 Å². The minimum absolute atomic E-state index is 0.0811. The summed E-state index contributed by atoms with van der Waals surface area (Å²) in [5.41, 5.74) is 1.23. The van der Waals surface area contributed by atoms with Crippen molar-refractivity contribution in [1.29, 1.82) is 0 Å². The maximum atomic E-state index is 13.1. The van der Waals surface area contributed by atoms with E-state index in [-0.39, 0.29) is 22.9 Å². The van der Waals surface area contributed by atoms with Gasteiger partial charge in [-0.3, -0.25) is 0 Å². The van der Waals surface area contributed by atoms with Crippen molar-refractivity contribution in [2.24, 2.45) is 0 Å². The molecule has 7 heteroatoms. The molecule has 0 aliphatic heterocycles. The number of ether oxygens (including phenoxy) is 2. The van der Waals surface area contributed by atoms with Crippen LogP contribution < -0.4 is 0 Å².